The van der Waals surface area contributed by atoms with E-state index in [4.69, 9.17) is 8.83 Å². The van der Waals surface area contributed by atoms with E-state index in [1.54, 1.807) is 30.2 Å². The summed E-state index contributed by atoms with van der Waals surface area (Å²) in [5.41, 5.74) is 0.572. The molecule has 0 aliphatic heterocycles. The Bertz CT molecular complexity index is 716. The van der Waals surface area contributed by atoms with Crippen LogP contribution in [-0.4, -0.2) is 29.8 Å². The molecule has 2 aromatic heterocycles. The van der Waals surface area contributed by atoms with Crippen LogP contribution in [-0.2, 0) is 11.3 Å². The van der Waals surface area contributed by atoms with Gasteiger partial charge in [0.15, 0.2) is 0 Å². The normalized spacial score (nSPS) is 11.0. The van der Waals surface area contributed by atoms with Crippen molar-refractivity contribution in [2.45, 2.75) is 47.1 Å². The third kappa shape index (κ3) is 5.79. The molecule has 0 radical (unpaired) electrons. The van der Waals surface area contributed by atoms with Crippen molar-refractivity contribution in [3.8, 4) is 0 Å². The first kappa shape index (κ1) is 19.8. The van der Waals surface area contributed by atoms with Crippen LogP contribution in [0.4, 0.5) is 0 Å². The highest BCUT2D eigenvalue weighted by molar-refractivity contribution is 5.95. The van der Waals surface area contributed by atoms with Crippen LogP contribution in [0, 0.1) is 19.8 Å². The van der Waals surface area contributed by atoms with E-state index in [0.717, 1.165) is 6.42 Å². The Hall–Kier alpha value is -2.50. The summed E-state index contributed by atoms with van der Waals surface area (Å²) < 4.78 is 10.7. The number of carbonyl (C=O) groups is 2. The minimum Gasteiger partial charge on any atom is -0.467 e. The van der Waals surface area contributed by atoms with Crippen molar-refractivity contribution in [1.82, 2.24) is 10.2 Å². The number of furan rings is 2. The van der Waals surface area contributed by atoms with Crippen molar-refractivity contribution in [3.63, 3.8) is 0 Å². The van der Waals surface area contributed by atoms with Gasteiger partial charge in [-0.15, -0.1) is 0 Å². The van der Waals surface area contributed by atoms with Gasteiger partial charge in [0.2, 0.25) is 5.91 Å². The van der Waals surface area contributed by atoms with Crippen LogP contribution in [0.15, 0.2) is 33.3 Å². The van der Waals surface area contributed by atoms with Gasteiger partial charge in [-0.1, -0.05) is 13.8 Å². The summed E-state index contributed by atoms with van der Waals surface area (Å²) in [5.74, 6) is 2.32. The maximum atomic E-state index is 12.9. The highest BCUT2D eigenvalue weighted by atomic mass is 16.3. The lowest BCUT2D eigenvalue weighted by atomic mass is 10.1. The van der Waals surface area contributed by atoms with Crippen LogP contribution in [0.2, 0.25) is 0 Å². The lowest BCUT2D eigenvalue weighted by Gasteiger charge is -2.23. The van der Waals surface area contributed by atoms with Gasteiger partial charge in [0.05, 0.1) is 18.4 Å². The first-order valence-corrected chi connectivity index (χ1v) is 9.02. The highest BCUT2D eigenvalue weighted by Crippen LogP contribution is 2.17. The average Bonchev–Trinajstić information content (AvgIpc) is 3.21. The highest BCUT2D eigenvalue weighted by Gasteiger charge is 2.21. The second kappa shape index (κ2) is 9.27. The molecule has 2 aromatic rings. The zero-order chi connectivity index (χ0) is 19.1. The first-order chi connectivity index (χ1) is 12.4. The van der Waals surface area contributed by atoms with Crippen molar-refractivity contribution >= 4 is 11.8 Å². The van der Waals surface area contributed by atoms with Gasteiger partial charge in [0, 0.05) is 19.5 Å². The molecule has 0 unspecified atom stereocenters. The van der Waals surface area contributed by atoms with Crippen LogP contribution in [0.3, 0.4) is 0 Å². The summed E-state index contributed by atoms with van der Waals surface area (Å²) in [7, 11) is 0. The van der Waals surface area contributed by atoms with Crippen molar-refractivity contribution in [1.29, 1.82) is 0 Å². The average molecular weight is 360 g/mol. The van der Waals surface area contributed by atoms with Gasteiger partial charge in [-0.2, -0.15) is 0 Å². The Kier molecular flexibility index (Phi) is 7.06. The quantitative estimate of drug-likeness (QED) is 0.740. The predicted molar refractivity (Wildman–Crippen MR) is 98.7 cm³/mol. The second-order valence-electron chi connectivity index (χ2n) is 6.91. The summed E-state index contributed by atoms with van der Waals surface area (Å²) in [6.07, 6.45) is 2.71. The molecule has 0 saturated carbocycles. The zero-order valence-electron chi connectivity index (χ0n) is 16.0. The molecule has 0 saturated heterocycles. The molecule has 6 heteroatoms. The fourth-order valence-electron chi connectivity index (χ4n) is 2.67. The van der Waals surface area contributed by atoms with Gasteiger partial charge in [0.25, 0.3) is 5.91 Å². The molecule has 0 atom stereocenters. The number of hydrogen-bond acceptors (Lipinski definition) is 4. The topological polar surface area (TPSA) is 75.7 Å². The van der Waals surface area contributed by atoms with Crippen LogP contribution in [0.1, 0.15) is 54.3 Å². The molecule has 142 valence electrons. The molecular weight excluding hydrogens is 332 g/mol. The third-order valence-corrected chi connectivity index (χ3v) is 4.18. The van der Waals surface area contributed by atoms with Crippen molar-refractivity contribution in [3.05, 3.63) is 47.3 Å². The Morgan fingerprint density at radius 2 is 2.00 bits per heavy atom. The summed E-state index contributed by atoms with van der Waals surface area (Å²) in [6, 6.07) is 5.35. The Labute approximate surface area is 154 Å². The Morgan fingerprint density at radius 1 is 1.23 bits per heavy atom. The van der Waals surface area contributed by atoms with Gasteiger partial charge in [-0.25, -0.2) is 0 Å². The molecule has 1 N–H and O–H groups in total. The van der Waals surface area contributed by atoms with Crippen LogP contribution in [0.5, 0.6) is 0 Å². The number of hydrogen-bond donors (Lipinski definition) is 1. The minimum atomic E-state index is -0.108. The fourth-order valence-corrected chi connectivity index (χ4v) is 2.67. The van der Waals surface area contributed by atoms with Crippen LogP contribution < -0.4 is 5.32 Å². The molecule has 2 amide bonds. The monoisotopic (exact) mass is 360 g/mol. The standard InChI is InChI=1S/C20H28N2O4/c1-14(2)7-9-22(20(24)18-12-15(3)26-16(18)4)10-8-19(23)21-13-17-6-5-11-25-17/h5-6,11-12,14H,7-10,13H2,1-4H3,(H,21,23). The van der Waals surface area contributed by atoms with E-state index >= 15 is 0 Å². The largest absolute Gasteiger partial charge is 0.467 e. The maximum Gasteiger partial charge on any atom is 0.257 e. The van der Waals surface area contributed by atoms with Gasteiger partial charge in [0.1, 0.15) is 17.3 Å². The smallest absolute Gasteiger partial charge is 0.257 e. The Morgan fingerprint density at radius 3 is 2.58 bits per heavy atom. The van der Waals surface area contributed by atoms with Gasteiger partial charge in [-0.05, 0) is 44.4 Å². The fraction of sp³-hybridized carbons (Fsp3) is 0.500. The number of nitrogens with zero attached hydrogens (tertiary/aromatic N) is 1. The van der Waals surface area contributed by atoms with Crippen molar-refractivity contribution < 1.29 is 18.4 Å². The van der Waals surface area contributed by atoms with E-state index in [1.807, 2.05) is 13.0 Å². The zero-order valence-corrected chi connectivity index (χ0v) is 16.0. The first-order valence-electron chi connectivity index (χ1n) is 9.02. The van der Waals surface area contributed by atoms with Gasteiger partial charge >= 0.3 is 0 Å². The molecule has 0 aliphatic carbocycles. The molecular formula is C20H28N2O4. The lowest BCUT2D eigenvalue weighted by Crippen LogP contribution is -2.36. The molecule has 26 heavy (non-hydrogen) atoms. The number of carbonyl (C=O) groups excluding carboxylic acids is 2. The van der Waals surface area contributed by atoms with E-state index in [-0.39, 0.29) is 18.2 Å². The third-order valence-electron chi connectivity index (χ3n) is 4.18. The van der Waals surface area contributed by atoms with Gasteiger partial charge < -0.3 is 19.1 Å². The van der Waals surface area contributed by atoms with Crippen LogP contribution >= 0.6 is 0 Å². The molecule has 0 aliphatic rings. The number of nitrogens with one attached hydrogen (secondary N) is 1. The van der Waals surface area contributed by atoms with E-state index < -0.39 is 0 Å². The summed E-state index contributed by atoms with van der Waals surface area (Å²) >= 11 is 0. The molecule has 0 bridgehead atoms. The molecule has 0 aromatic carbocycles. The van der Waals surface area contributed by atoms with E-state index in [0.29, 0.717) is 48.4 Å². The molecule has 0 fully saturated rings. The maximum absolute atomic E-state index is 12.9. The lowest BCUT2D eigenvalue weighted by molar-refractivity contribution is -0.121. The SMILES string of the molecule is Cc1cc(C(=O)N(CCC(=O)NCc2ccco2)CCC(C)C)c(C)o1. The second-order valence-corrected chi connectivity index (χ2v) is 6.91. The summed E-state index contributed by atoms with van der Waals surface area (Å²) in [6.45, 7) is 9.19. The summed E-state index contributed by atoms with van der Waals surface area (Å²) in [4.78, 5) is 26.7. The predicted octanol–water partition coefficient (Wildman–Crippen LogP) is 3.68. The van der Waals surface area contributed by atoms with Crippen LogP contribution in [0.25, 0.3) is 0 Å². The number of aryl methyl sites for hydroxylation is 2. The van der Waals surface area contributed by atoms with Gasteiger partial charge in [-0.3, -0.25) is 9.59 Å². The number of rotatable bonds is 9. The van der Waals surface area contributed by atoms with Crippen molar-refractivity contribution in [2.24, 2.45) is 5.92 Å². The van der Waals surface area contributed by atoms with E-state index in [2.05, 4.69) is 19.2 Å². The molecule has 0 spiro atoms. The molecule has 2 heterocycles. The molecule has 2 rings (SSSR count). The van der Waals surface area contributed by atoms with E-state index in [1.165, 1.54) is 0 Å². The summed E-state index contributed by atoms with van der Waals surface area (Å²) in [5, 5.41) is 2.81. The van der Waals surface area contributed by atoms with Crippen molar-refractivity contribution in [2.75, 3.05) is 13.1 Å². The Balaban J connectivity index is 1.94. The van der Waals surface area contributed by atoms with E-state index in [9.17, 15) is 9.59 Å². The number of amides is 2. The minimum absolute atomic E-state index is 0.0844. The molecule has 6 nitrogen and oxygen atoms in total.